The molecule has 0 atom stereocenters. The van der Waals surface area contributed by atoms with Gasteiger partial charge in [0.25, 0.3) is 5.91 Å². The second-order valence-corrected chi connectivity index (χ2v) is 9.40. The van der Waals surface area contributed by atoms with E-state index in [-0.39, 0.29) is 12.0 Å². The van der Waals surface area contributed by atoms with E-state index in [0.717, 1.165) is 35.3 Å². The van der Waals surface area contributed by atoms with E-state index in [1.807, 2.05) is 32.9 Å². The van der Waals surface area contributed by atoms with Gasteiger partial charge in [0, 0.05) is 16.0 Å². The number of ether oxygens (including phenoxy) is 2. The Kier molecular flexibility index (Phi) is 8.28. The lowest BCUT2D eigenvalue weighted by Crippen LogP contribution is -2.16. The predicted octanol–water partition coefficient (Wildman–Crippen LogP) is 6.89. The van der Waals surface area contributed by atoms with Crippen LogP contribution in [-0.4, -0.2) is 25.1 Å². The van der Waals surface area contributed by atoms with Crippen molar-refractivity contribution in [3.63, 3.8) is 0 Å². The van der Waals surface area contributed by atoms with E-state index in [0.29, 0.717) is 21.9 Å². The van der Waals surface area contributed by atoms with E-state index in [9.17, 15) is 9.59 Å². The van der Waals surface area contributed by atoms with Gasteiger partial charge in [-0.05, 0) is 69.0 Å². The van der Waals surface area contributed by atoms with Gasteiger partial charge in [-0.3, -0.25) is 4.79 Å². The van der Waals surface area contributed by atoms with Crippen LogP contribution in [0.25, 0.3) is 11.1 Å². The highest BCUT2D eigenvalue weighted by atomic mass is 32.1. The molecule has 174 valence electrons. The molecule has 5 nitrogen and oxygen atoms in total. The number of aryl methyl sites for hydroxylation is 2. The Labute approximate surface area is 199 Å². The Hall–Kier alpha value is -3.12. The summed E-state index contributed by atoms with van der Waals surface area (Å²) in [7, 11) is 1.58. The molecule has 1 aromatic heterocycles. The molecular formula is C27H31NO4S. The van der Waals surface area contributed by atoms with Crippen LogP contribution in [0.3, 0.4) is 0 Å². The van der Waals surface area contributed by atoms with Gasteiger partial charge in [0.1, 0.15) is 16.3 Å². The van der Waals surface area contributed by atoms with E-state index >= 15 is 0 Å². The number of hydrogen-bond acceptors (Lipinski definition) is 5. The molecule has 0 bridgehead atoms. The van der Waals surface area contributed by atoms with Gasteiger partial charge in [0.05, 0.1) is 13.2 Å². The summed E-state index contributed by atoms with van der Waals surface area (Å²) >= 11 is 1.38. The molecule has 0 unspecified atom stereocenters. The molecule has 1 amide bonds. The standard InChI is InChI=1S/C27H31NO4S/c1-6-7-8-19-9-11-20(12-10-19)23-18(4)33-26(24(23)27(30)32-17(2)3)28-25(29)21-13-15-22(31-5)16-14-21/h9-17H,6-8H2,1-5H3,(H,28,29). The summed E-state index contributed by atoms with van der Waals surface area (Å²) in [6, 6.07) is 15.1. The highest BCUT2D eigenvalue weighted by molar-refractivity contribution is 7.17. The molecule has 0 fully saturated rings. The minimum absolute atomic E-state index is 0.271. The fourth-order valence-corrected chi connectivity index (χ4v) is 4.64. The van der Waals surface area contributed by atoms with Crippen LogP contribution in [0.5, 0.6) is 5.75 Å². The number of rotatable bonds is 9. The van der Waals surface area contributed by atoms with Gasteiger partial charge in [-0.15, -0.1) is 11.3 Å². The largest absolute Gasteiger partial charge is 0.497 e. The summed E-state index contributed by atoms with van der Waals surface area (Å²) in [6.45, 7) is 7.77. The third-order valence-corrected chi connectivity index (χ3v) is 6.29. The fourth-order valence-electron chi connectivity index (χ4n) is 3.58. The molecule has 0 aliphatic heterocycles. The highest BCUT2D eigenvalue weighted by Crippen LogP contribution is 2.41. The van der Waals surface area contributed by atoms with E-state index < -0.39 is 5.97 Å². The Morgan fingerprint density at radius 2 is 1.70 bits per heavy atom. The third-order valence-electron chi connectivity index (χ3n) is 5.27. The van der Waals surface area contributed by atoms with E-state index in [1.54, 1.807) is 31.4 Å². The second-order valence-electron chi connectivity index (χ2n) is 8.17. The Morgan fingerprint density at radius 1 is 1.03 bits per heavy atom. The van der Waals surface area contributed by atoms with Gasteiger partial charge in [-0.2, -0.15) is 0 Å². The minimum Gasteiger partial charge on any atom is -0.497 e. The smallest absolute Gasteiger partial charge is 0.342 e. The number of esters is 1. The minimum atomic E-state index is -0.440. The van der Waals surface area contributed by atoms with Crippen molar-refractivity contribution in [1.29, 1.82) is 0 Å². The van der Waals surface area contributed by atoms with Crippen molar-refractivity contribution in [3.8, 4) is 16.9 Å². The van der Waals surface area contributed by atoms with Crippen molar-refractivity contribution in [1.82, 2.24) is 0 Å². The lowest BCUT2D eigenvalue weighted by molar-refractivity contribution is 0.0380. The van der Waals surface area contributed by atoms with Crippen molar-refractivity contribution < 1.29 is 19.1 Å². The van der Waals surface area contributed by atoms with Crippen LogP contribution >= 0.6 is 11.3 Å². The molecule has 0 saturated carbocycles. The molecule has 6 heteroatoms. The number of benzene rings is 2. The van der Waals surface area contributed by atoms with Crippen LogP contribution in [0, 0.1) is 6.92 Å². The maximum atomic E-state index is 13.1. The Balaban J connectivity index is 1.98. The molecule has 2 aromatic carbocycles. The normalized spacial score (nSPS) is 10.8. The van der Waals surface area contributed by atoms with Crippen LogP contribution in [-0.2, 0) is 11.2 Å². The molecule has 1 N–H and O–H groups in total. The Morgan fingerprint density at radius 3 is 2.27 bits per heavy atom. The maximum Gasteiger partial charge on any atom is 0.342 e. The molecular weight excluding hydrogens is 434 g/mol. The number of nitrogens with one attached hydrogen (secondary N) is 1. The van der Waals surface area contributed by atoms with Crippen molar-refractivity contribution in [2.24, 2.45) is 0 Å². The molecule has 0 radical (unpaired) electrons. The molecule has 33 heavy (non-hydrogen) atoms. The maximum absolute atomic E-state index is 13.1. The van der Waals surface area contributed by atoms with E-state index in [1.165, 1.54) is 16.9 Å². The first-order chi connectivity index (χ1) is 15.8. The fraction of sp³-hybridized carbons (Fsp3) is 0.333. The number of carbonyl (C=O) groups is 2. The lowest BCUT2D eigenvalue weighted by Gasteiger charge is -2.12. The SMILES string of the molecule is CCCCc1ccc(-c2c(C)sc(NC(=O)c3ccc(OC)cc3)c2C(=O)OC(C)C)cc1. The van der Waals surface area contributed by atoms with Crippen LogP contribution in [0.15, 0.2) is 48.5 Å². The highest BCUT2D eigenvalue weighted by Gasteiger charge is 2.26. The van der Waals surface area contributed by atoms with E-state index in [4.69, 9.17) is 9.47 Å². The number of carbonyl (C=O) groups excluding carboxylic acids is 2. The number of methoxy groups -OCH3 is 1. The first-order valence-corrected chi connectivity index (χ1v) is 12.0. The van der Waals surface area contributed by atoms with Crippen LogP contribution in [0.4, 0.5) is 5.00 Å². The average Bonchev–Trinajstić information content (AvgIpc) is 3.13. The topological polar surface area (TPSA) is 64.6 Å². The summed E-state index contributed by atoms with van der Waals surface area (Å²) in [6.07, 6.45) is 3.05. The predicted molar refractivity (Wildman–Crippen MR) is 135 cm³/mol. The number of anilines is 1. The van der Waals surface area contributed by atoms with E-state index in [2.05, 4.69) is 24.4 Å². The van der Waals surface area contributed by atoms with Gasteiger partial charge in [0.15, 0.2) is 0 Å². The molecule has 3 aromatic rings. The lowest BCUT2D eigenvalue weighted by atomic mass is 9.98. The van der Waals surface area contributed by atoms with Crippen LogP contribution < -0.4 is 10.1 Å². The number of hydrogen-bond donors (Lipinski definition) is 1. The van der Waals surface area contributed by atoms with Crippen LogP contribution in [0.2, 0.25) is 0 Å². The zero-order chi connectivity index (χ0) is 24.0. The van der Waals surface area contributed by atoms with Gasteiger partial charge in [0.2, 0.25) is 0 Å². The Bertz CT molecular complexity index is 1100. The quantitative estimate of drug-likeness (QED) is 0.349. The summed E-state index contributed by atoms with van der Waals surface area (Å²) in [5, 5.41) is 3.42. The monoisotopic (exact) mass is 465 g/mol. The molecule has 1 heterocycles. The molecule has 0 aliphatic carbocycles. The zero-order valence-electron chi connectivity index (χ0n) is 19.9. The number of amides is 1. The number of unbranched alkanes of at least 4 members (excludes halogenated alkanes) is 1. The van der Waals surface area contributed by atoms with Crippen molar-refractivity contribution in [2.75, 3.05) is 12.4 Å². The van der Waals surface area contributed by atoms with Gasteiger partial charge >= 0.3 is 5.97 Å². The van der Waals surface area contributed by atoms with Gasteiger partial charge < -0.3 is 14.8 Å². The van der Waals surface area contributed by atoms with Gasteiger partial charge in [-0.25, -0.2) is 4.79 Å². The number of thiophene rings is 1. The van der Waals surface area contributed by atoms with Crippen LogP contribution in [0.1, 0.15) is 64.8 Å². The molecule has 3 rings (SSSR count). The average molecular weight is 466 g/mol. The zero-order valence-corrected chi connectivity index (χ0v) is 20.7. The third kappa shape index (κ3) is 6.02. The molecule has 0 saturated heterocycles. The first-order valence-electron chi connectivity index (χ1n) is 11.2. The van der Waals surface area contributed by atoms with Crippen molar-refractivity contribution in [2.45, 2.75) is 53.1 Å². The molecule has 0 aliphatic rings. The molecule has 0 spiro atoms. The summed E-state index contributed by atoms with van der Waals surface area (Å²) < 4.78 is 10.7. The first kappa shape index (κ1) is 24.5. The van der Waals surface area contributed by atoms with Crippen molar-refractivity contribution >= 4 is 28.2 Å². The van der Waals surface area contributed by atoms with Gasteiger partial charge in [-0.1, -0.05) is 37.6 Å². The second kappa shape index (κ2) is 11.1. The summed E-state index contributed by atoms with van der Waals surface area (Å²) in [5.74, 6) is -0.0622. The van der Waals surface area contributed by atoms with Crippen molar-refractivity contribution in [3.05, 3.63) is 70.1 Å². The summed E-state index contributed by atoms with van der Waals surface area (Å²) in [5.41, 5.74) is 3.89. The summed E-state index contributed by atoms with van der Waals surface area (Å²) in [4.78, 5) is 27.0.